The van der Waals surface area contributed by atoms with Gasteiger partial charge in [-0.05, 0) is 55.5 Å². The molecule has 0 aromatic heterocycles. The van der Waals surface area contributed by atoms with Gasteiger partial charge < -0.3 is 14.6 Å². The van der Waals surface area contributed by atoms with Crippen molar-refractivity contribution in [3.8, 4) is 0 Å². The quantitative estimate of drug-likeness (QED) is 0.809. The number of aryl methyl sites for hydroxylation is 2. The number of hydrogen-bond acceptors (Lipinski definition) is 4. The third kappa shape index (κ3) is 2.23. The first-order valence-corrected chi connectivity index (χ1v) is 7.34. The Morgan fingerprint density at radius 1 is 1.29 bits per heavy atom. The SMILES string of the molecule is Cc1cc(Cl)cc(C)c1C1=C(O)C2(CCCOC2)OC1=O. The van der Waals surface area contributed by atoms with Gasteiger partial charge >= 0.3 is 5.97 Å². The Hall–Kier alpha value is -1.52. The molecule has 1 spiro atoms. The molecule has 1 aromatic carbocycles. The van der Waals surface area contributed by atoms with Crippen LogP contribution in [-0.2, 0) is 14.3 Å². The van der Waals surface area contributed by atoms with Crippen molar-refractivity contribution >= 4 is 23.1 Å². The number of halogens is 1. The molecule has 2 heterocycles. The minimum Gasteiger partial charge on any atom is -0.507 e. The Morgan fingerprint density at radius 3 is 2.52 bits per heavy atom. The van der Waals surface area contributed by atoms with Gasteiger partial charge in [0.1, 0.15) is 5.57 Å². The van der Waals surface area contributed by atoms with Crippen LogP contribution in [0.15, 0.2) is 17.9 Å². The summed E-state index contributed by atoms with van der Waals surface area (Å²) in [5.41, 5.74) is 1.61. The van der Waals surface area contributed by atoms with Gasteiger partial charge in [-0.1, -0.05) is 11.6 Å². The van der Waals surface area contributed by atoms with Crippen molar-refractivity contribution in [3.63, 3.8) is 0 Å². The lowest BCUT2D eigenvalue weighted by Crippen LogP contribution is -2.41. The van der Waals surface area contributed by atoms with Gasteiger partial charge in [0.15, 0.2) is 11.4 Å². The van der Waals surface area contributed by atoms with E-state index in [0.717, 1.165) is 17.5 Å². The van der Waals surface area contributed by atoms with Crippen LogP contribution >= 0.6 is 11.6 Å². The van der Waals surface area contributed by atoms with Crippen LogP contribution in [0.1, 0.15) is 29.5 Å². The summed E-state index contributed by atoms with van der Waals surface area (Å²) in [7, 11) is 0. The van der Waals surface area contributed by atoms with Crippen LogP contribution in [0.2, 0.25) is 5.02 Å². The van der Waals surface area contributed by atoms with Crippen molar-refractivity contribution in [1.82, 2.24) is 0 Å². The Balaban J connectivity index is 2.15. The lowest BCUT2D eigenvalue weighted by Gasteiger charge is -2.31. The third-order valence-corrected chi connectivity index (χ3v) is 4.33. The minimum absolute atomic E-state index is 0.0132. The molecule has 112 valence electrons. The molecule has 0 bridgehead atoms. The Bertz CT molecular complexity index is 619. The molecule has 21 heavy (non-hydrogen) atoms. The highest BCUT2D eigenvalue weighted by Gasteiger charge is 2.50. The fourth-order valence-corrected chi connectivity index (χ4v) is 3.49. The number of benzene rings is 1. The van der Waals surface area contributed by atoms with E-state index in [4.69, 9.17) is 21.1 Å². The maximum Gasteiger partial charge on any atom is 0.343 e. The summed E-state index contributed by atoms with van der Waals surface area (Å²) in [6, 6.07) is 3.56. The van der Waals surface area contributed by atoms with Crippen molar-refractivity contribution in [1.29, 1.82) is 0 Å². The molecule has 1 unspecified atom stereocenters. The maximum atomic E-state index is 12.3. The van der Waals surface area contributed by atoms with Gasteiger partial charge in [-0.3, -0.25) is 0 Å². The molecule has 2 aliphatic rings. The number of carbonyl (C=O) groups excluding carboxylic acids is 1. The van der Waals surface area contributed by atoms with Gasteiger partial charge in [-0.25, -0.2) is 4.79 Å². The first-order chi connectivity index (χ1) is 9.94. The number of rotatable bonds is 1. The topological polar surface area (TPSA) is 55.8 Å². The molecule has 0 saturated carbocycles. The molecular formula is C16H17ClO4. The summed E-state index contributed by atoms with van der Waals surface area (Å²) in [6.07, 6.45) is 1.34. The Morgan fingerprint density at radius 2 is 1.95 bits per heavy atom. The first kappa shape index (κ1) is 14.4. The molecule has 0 radical (unpaired) electrons. The lowest BCUT2D eigenvalue weighted by molar-refractivity contribution is -0.158. The van der Waals surface area contributed by atoms with Gasteiger partial charge in [0.05, 0.1) is 6.61 Å². The third-order valence-electron chi connectivity index (χ3n) is 4.11. The van der Waals surface area contributed by atoms with Gasteiger partial charge in [-0.15, -0.1) is 0 Å². The first-order valence-electron chi connectivity index (χ1n) is 6.96. The summed E-state index contributed by atoms with van der Waals surface area (Å²) in [4.78, 5) is 12.3. The van der Waals surface area contributed by atoms with Crippen molar-refractivity contribution in [2.45, 2.75) is 32.3 Å². The molecule has 4 nitrogen and oxygen atoms in total. The van der Waals surface area contributed by atoms with Gasteiger partial charge in [0.2, 0.25) is 0 Å². The lowest BCUT2D eigenvalue weighted by atomic mass is 9.89. The average Bonchev–Trinajstić information content (AvgIpc) is 2.63. The van der Waals surface area contributed by atoms with Crippen LogP contribution in [0.4, 0.5) is 0 Å². The van der Waals surface area contributed by atoms with Gasteiger partial charge in [-0.2, -0.15) is 0 Å². The zero-order valence-corrected chi connectivity index (χ0v) is 12.8. The van der Waals surface area contributed by atoms with E-state index >= 15 is 0 Å². The molecule has 1 saturated heterocycles. The van der Waals surface area contributed by atoms with Crippen molar-refractivity contribution in [2.75, 3.05) is 13.2 Å². The van der Waals surface area contributed by atoms with E-state index < -0.39 is 11.6 Å². The van der Waals surface area contributed by atoms with E-state index in [1.54, 1.807) is 12.1 Å². The highest BCUT2D eigenvalue weighted by atomic mass is 35.5. The van der Waals surface area contributed by atoms with Crippen LogP contribution in [0.5, 0.6) is 0 Å². The molecular weight excluding hydrogens is 292 g/mol. The molecule has 1 fully saturated rings. The van der Waals surface area contributed by atoms with E-state index in [1.807, 2.05) is 13.8 Å². The highest BCUT2D eigenvalue weighted by molar-refractivity contribution is 6.31. The zero-order valence-electron chi connectivity index (χ0n) is 12.0. The summed E-state index contributed by atoms with van der Waals surface area (Å²) in [5, 5.41) is 11.2. The average molecular weight is 309 g/mol. The number of esters is 1. The second kappa shape index (κ2) is 5.04. The van der Waals surface area contributed by atoms with Crippen molar-refractivity contribution in [2.24, 2.45) is 0 Å². The molecule has 1 aromatic rings. The maximum absolute atomic E-state index is 12.3. The smallest absolute Gasteiger partial charge is 0.343 e. The molecule has 1 N–H and O–H groups in total. The van der Waals surface area contributed by atoms with Gasteiger partial charge in [0.25, 0.3) is 0 Å². The summed E-state index contributed by atoms with van der Waals surface area (Å²) >= 11 is 6.03. The molecule has 1 atom stereocenters. The van der Waals surface area contributed by atoms with Crippen LogP contribution in [0.25, 0.3) is 5.57 Å². The number of hydrogen-bond donors (Lipinski definition) is 1. The van der Waals surface area contributed by atoms with E-state index in [1.165, 1.54) is 0 Å². The van der Waals surface area contributed by atoms with Crippen molar-refractivity contribution in [3.05, 3.63) is 39.6 Å². The molecule has 5 heteroatoms. The number of carbonyl (C=O) groups is 1. The molecule has 2 aliphatic heterocycles. The molecule has 3 rings (SSSR count). The largest absolute Gasteiger partial charge is 0.507 e. The second-order valence-electron chi connectivity index (χ2n) is 5.68. The number of ether oxygens (including phenoxy) is 2. The van der Waals surface area contributed by atoms with Gasteiger partial charge in [0, 0.05) is 11.6 Å². The predicted octanol–water partition coefficient (Wildman–Crippen LogP) is 3.33. The number of aliphatic hydroxyl groups is 1. The van der Waals surface area contributed by atoms with Crippen LogP contribution in [0, 0.1) is 13.8 Å². The molecule has 0 amide bonds. The van der Waals surface area contributed by atoms with Crippen molar-refractivity contribution < 1.29 is 19.4 Å². The van der Waals surface area contributed by atoms with Crippen LogP contribution < -0.4 is 0 Å². The normalized spacial score (nSPS) is 25.6. The number of aliphatic hydroxyl groups excluding tert-OH is 1. The zero-order chi connectivity index (χ0) is 15.2. The van der Waals surface area contributed by atoms with Crippen LogP contribution in [-0.4, -0.2) is 29.9 Å². The standard InChI is InChI=1S/C16H17ClO4/c1-9-6-11(17)7-10(2)12(9)13-14(18)16(21-15(13)19)4-3-5-20-8-16/h6-7,18H,3-5,8H2,1-2H3. The monoisotopic (exact) mass is 308 g/mol. The fraction of sp³-hybridized carbons (Fsp3) is 0.438. The Labute approximate surface area is 128 Å². The summed E-state index contributed by atoms with van der Waals surface area (Å²) in [6.45, 7) is 4.56. The van der Waals surface area contributed by atoms with E-state index in [2.05, 4.69) is 0 Å². The fourth-order valence-electron chi connectivity index (χ4n) is 3.16. The van der Waals surface area contributed by atoms with Crippen LogP contribution in [0.3, 0.4) is 0 Å². The van der Waals surface area contributed by atoms with E-state index in [-0.39, 0.29) is 17.9 Å². The predicted molar refractivity (Wildman–Crippen MR) is 79.4 cm³/mol. The summed E-state index contributed by atoms with van der Waals surface area (Å²) < 4.78 is 10.9. The minimum atomic E-state index is -1.01. The Kier molecular flexibility index (Phi) is 3.46. The summed E-state index contributed by atoms with van der Waals surface area (Å²) in [5.74, 6) is -0.507. The molecule has 0 aliphatic carbocycles. The van der Waals surface area contributed by atoms with E-state index in [9.17, 15) is 9.90 Å². The second-order valence-corrected chi connectivity index (χ2v) is 6.11. The van der Waals surface area contributed by atoms with E-state index in [0.29, 0.717) is 23.6 Å². The highest BCUT2D eigenvalue weighted by Crippen LogP contribution is 2.43.